The standard InChI is InChI=1S/C14H19BN2O4/c1-10(16-13(18)11-6-3-2-4-7-11)14(19)17-9-5-8-12(17)15(20)21/h2-4,6-7,10,12,20-21H,5,8-9H2,1H3,(H,16,18). The normalized spacial score (nSPS) is 19.2. The van der Waals surface area contributed by atoms with E-state index in [1.54, 1.807) is 31.2 Å². The summed E-state index contributed by atoms with van der Waals surface area (Å²) in [7, 11) is -1.55. The molecule has 0 spiro atoms. The molecule has 0 saturated carbocycles. The van der Waals surface area contributed by atoms with Crippen molar-refractivity contribution in [2.24, 2.45) is 0 Å². The van der Waals surface area contributed by atoms with E-state index in [1.807, 2.05) is 6.07 Å². The average molecular weight is 290 g/mol. The highest BCUT2D eigenvalue weighted by Gasteiger charge is 2.38. The van der Waals surface area contributed by atoms with Crippen LogP contribution < -0.4 is 5.32 Å². The lowest BCUT2D eigenvalue weighted by atomic mass is 9.78. The Morgan fingerprint density at radius 2 is 2.00 bits per heavy atom. The summed E-state index contributed by atoms with van der Waals surface area (Å²) in [6, 6.07) is 7.94. The molecular weight excluding hydrogens is 271 g/mol. The van der Waals surface area contributed by atoms with Crippen molar-refractivity contribution in [2.45, 2.75) is 31.7 Å². The zero-order valence-corrected chi connectivity index (χ0v) is 11.9. The third kappa shape index (κ3) is 3.62. The summed E-state index contributed by atoms with van der Waals surface area (Å²) in [6.07, 6.45) is 1.29. The quantitative estimate of drug-likeness (QED) is 0.670. The minimum absolute atomic E-state index is 0.296. The summed E-state index contributed by atoms with van der Waals surface area (Å²) in [4.78, 5) is 25.8. The van der Waals surface area contributed by atoms with Crippen molar-refractivity contribution in [2.75, 3.05) is 6.54 Å². The van der Waals surface area contributed by atoms with E-state index in [2.05, 4.69) is 5.32 Å². The molecule has 7 heteroatoms. The molecule has 1 fully saturated rings. The highest BCUT2D eigenvalue weighted by Crippen LogP contribution is 2.19. The predicted octanol–water partition coefficient (Wildman–Crippen LogP) is -0.192. The van der Waals surface area contributed by atoms with Gasteiger partial charge in [-0.2, -0.15) is 0 Å². The molecule has 0 radical (unpaired) electrons. The third-order valence-corrected chi connectivity index (χ3v) is 3.68. The van der Waals surface area contributed by atoms with E-state index < -0.39 is 19.1 Å². The second kappa shape index (κ2) is 6.73. The van der Waals surface area contributed by atoms with Crippen LogP contribution in [0.3, 0.4) is 0 Å². The Kier molecular flexibility index (Phi) is 4.98. The molecule has 2 unspecified atom stereocenters. The van der Waals surface area contributed by atoms with Crippen molar-refractivity contribution < 1.29 is 19.6 Å². The van der Waals surface area contributed by atoms with Crippen LogP contribution in [0.4, 0.5) is 0 Å². The van der Waals surface area contributed by atoms with Crippen LogP contribution in [-0.2, 0) is 4.79 Å². The molecule has 1 heterocycles. The third-order valence-electron chi connectivity index (χ3n) is 3.68. The Morgan fingerprint density at radius 1 is 1.33 bits per heavy atom. The molecule has 2 rings (SSSR count). The summed E-state index contributed by atoms with van der Waals surface area (Å²) in [5.74, 6) is -1.21. The van der Waals surface area contributed by atoms with Gasteiger partial charge in [0.15, 0.2) is 0 Å². The molecule has 1 aliphatic rings. The largest absolute Gasteiger partial charge is 0.475 e. The van der Waals surface area contributed by atoms with Crippen LogP contribution in [0.25, 0.3) is 0 Å². The van der Waals surface area contributed by atoms with Gasteiger partial charge in [0.2, 0.25) is 5.91 Å². The van der Waals surface area contributed by atoms with Gasteiger partial charge >= 0.3 is 7.12 Å². The van der Waals surface area contributed by atoms with Crippen molar-refractivity contribution in [1.29, 1.82) is 0 Å². The number of nitrogens with one attached hydrogen (secondary N) is 1. The van der Waals surface area contributed by atoms with Gasteiger partial charge in [-0.15, -0.1) is 0 Å². The average Bonchev–Trinajstić information content (AvgIpc) is 2.96. The molecule has 1 saturated heterocycles. The second-order valence-corrected chi connectivity index (χ2v) is 5.22. The van der Waals surface area contributed by atoms with Gasteiger partial charge in [0.25, 0.3) is 5.91 Å². The lowest BCUT2D eigenvalue weighted by molar-refractivity contribution is -0.132. The zero-order valence-electron chi connectivity index (χ0n) is 11.9. The second-order valence-electron chi connectivity index (χ2n) is 5.22. The van der Waals surface area contributed by atoms with Crippen molar-refractivity contribution in [1.82, 2.24) is 10.2 Å². The number of carbonyl (C=O) groups is 2. The lowest BCUT2D eigenvalue weighted by Crippen LogP contribution is -2.52. The molecule has 0 aliphatic carbocycles. The SMILES string of the molecule is CC(NC(=O)c1ccccc1)C(=O)N1CCCC1B(O)O. The Hall–Kier alpha value is -1.86. The summed E-state index contributed by atoms with van der Waals surface area (Å²) in [5, 5.41) is 21.2. The van der Waals surface area contributed by atoms with Crippen LogP contribution >= 0.6 is 0 Å². The van der Waals surface area contributed by atoms with Crippen molar-refractivity contribution >= 4 is 18.9 Å². The van der Waals surface area contributed by atoms with E-state index in [4.69, 9.17) is 0 Å². The first-order valence-corrected chi connectivity index (χ1v) is 7.03. The first kappa shape index (κ1) is 15.5. The van der Waals surface area contributed by atoms with Gasteiger partial charge in [0.1, 0.15) is 6.04 Å². The fourth-order valence-electron chi connectivity index (χ4n) is 2.56. The molecule has 1 aliphatic heterocycles. The lowest BCUT2D eigenvalue weighted by Gasteiger charge is -2.27. The van der Waals surface area contributed by atoms with E-state index in [9.17, 15) is 19.6 Å². The molecule has 21 heavy (non-hydrogen) atoms. The van der Waals surface area contributed by atoms with Crippen molar-refractivity contribution in [3.63, 3.8) is 0 Å². The summed E-state index contributed by atoms with van der Waals surface area (Å²) in [6.45, 7) is 2.08. The molecule has 2 atom stereocenters. The molecule has 0 bridgehead atoms. The van der Waals surface area contributed by atoms with E-state index in [0.717, 1.165) is 6.42 Å². The van der Waals surface area contributed by atoms with Crippen LogP contribution in [0.1, 0.15) is 30.1 Å². The van der Waals surface area contributed by atoms with Gasteiger partial charge in [-0.3, -0.25) is 9.59 Å². The number of nitrogens with zero attached hydrogens (tertiary/aromatic N) is 1. The molecule has 1 aromatic carbocycles. The van der Waals surface area contributed by atoms with E-state index in [-0.39, 0.29) is 11.8 Å². The Morgan fingerprint density at radius 3 is 2.62 bits per heavy atom. The minimum Gasteiger partial charge on any atom is -0.426 e. The topological polar surface area (TPSA) is 89.9 Å². The van der Waals surface area contributed by atoms with Crippen LogP contribution in [-0.4, -0.2) is 52.4 Å². The molecule has 0 aromatic heterocycles. The molecule has 1 aromatic rings. The Labute approximate surface area is 123 Å². The molecule has 2 amide bonds. The fourth-order valence-corrected chi connectivity index (χ4v) is 2.56. The highest BCUT2D eigenvalue weighted by molar-refractivity contribution is 6.43. The molecule has 112 valence electrons. The minimum atomic E-state index is -1.55. The van der Waals surface area contributed by atoms with Gasteiger partial charge in [-0.05, 0) is 31.9 Å². The smallest absolute Gasteiger partial charge is 0.426 e. The molecule has 3 N–H and O–H groups in total. The summed E-state index contributed by atoms with van der Waals surface area (Å²) in [5.41, 5.74) is 0.484. The maximum absolute atomic E-state index is 12.3. The maximum Gasteiger partial charge on any atom is 0.475 e. The highest BCUT2D eigenvalue weighted by atomic mass is 16.4. The van der Waals surface area contributed by atoms with Crippen molar-refractivity contribution in [3.05, 3.63) is 35.9 Å². The number of benzene rings is 1. The van der Waals surface area contributed by atoms with Crippen LogP contribution in [0, 0.1) is 0 Å². The Balaban J connectivity index is 1.98. The van der Waals surface area contributed by atoms with E-state index in [1.165, 1.54) is 4.90 Å². The Bertz CT molecular complexity index is 509. The van der Waals surface area contributed by atoms with E-state index in [0.29, 0.717) is 18.5 Å². The fraction of sp³-hybridized carbons (Fsp3) is 0.429. The van der Waals surface area contributed by atoms with Gasteiger partial charge in [0.05, 0.1) is 5.94 Å². The predicted molar refractivity (Wildman–Crippen MR) is 78.3 cm³/mol. The van der Waals surface area contributed by atoms with Crippen LogP contribution in [0.5, 0.6) is 0 Å². The number of hydrogen-bond donors (Lipinski definition) is 3. The number of amides is 2. The number of hydrogen-bond acceptors (Lipinski definition) is 4. The van der Waals surface area contributed by atoms with Gasteiger partial charge in [-0.1, -0.05) is 18.2 Å². The van der Waals surface area contributed by atoms with Crippen LogP contribution in [0.2, 0.25) is 0 Å². The van der Waals surface area contributed by atoms with E-state index >= 15 is 0 Å². The van der Waals surface area contributed by atoms with Crippen molar-refractivity contribution in [3.8, 4) is 0 Å². The number of likely N-dealkylation sites (tertiary alicyclic amines) is 1. The molecular formula is C14H19BN2O4. The first-order chi connectivity index (χ1) is 10.0. The van der Waals surface area contributed by atoms with Gasteiger partial charge in [-0.25, -0.2) is 0 Å². The zero-order chi connectivity index (χ0) is 15.4. The number of rotatable bonds is 4. The number of carbonyl (C=O) groups excluding carboxylic acids is 2. The van der Waals surface area contributed by atoms with Gasteiger partial charge < -0.3 is 20.3 Å². The van der Waals surface area contributed by atoms with Gasteiger partial charge in [0, 0.05) is 12.1 Å². The molecule has 6 nitrogen and oxygen atoms in total. The summed E-state index contributed by atoms with van der Waals surface area (Å²) < 4.78 is 0. The summed E-state index contributed by atoms with van der Waals surface area (Å²) >= 11 is 0. The first-order valence-electron chi connectivity index (χ1n) is 7.03. The van der Waals surface area contributed by atoms with Crippen LogP contribution in [0.15, 0.2) is 30.3 Å². The monoisotopic (exact) mass is 290 g/mol. The maximum atomic E-state index is 12.3.